The van der Waals surface area contributed by atoms with Crippen LogP contribution in [0.3, 0.4) is 0 Å². The third-order valence-electron chi connectivity index (χ3n) is 2.19. The van der Waals surface area contributed by atoms with Crippen molar-refractivity contribution in [3.05, 3.63) is 50.4 Å². The summed E-state index contributed by atoms with van der Waals surface area (Å²) in [4.78, 5) is 24.8. The molecular formula is C11H9NO3. The molecular weight excluding hydrogens is 194 g/mol. The van der Waals surface area contributed by atoms with Gasteiger partial charge in [-0.25, -0.2) is 0 Å². The molecule has 0 radical (unpaired) electrons. The first kappa shape index (κ1) is 9.45. The Bertz CT molecular complexity index is 643. The van der Waals surface area contributed by atoms with Gasteiger partial charge in [0.15, 0.2) is 0 Å². The van der Waals surface area contributed by atoms with Crippen molar-refractivity contribution in [1.82, 2.24) is 4.98 Å². The molecule has 4 nitrogen and oxygen atoms in total. The fourth-order valence-corrected chi connectivity index (χ4v) is 1.44. The van der Waals surface area contributed by atoms with Crippen LogP contribution in [0.15, 0.2) is 33.9 Å². The number of H-pyrrole nitrogens is 1. The zero-order chi connectivity index (χ0) is 11.0. The maximum Gasteiger partial charge on any atom is 0.296 e. The first-order chi connectivity index (χ1) is 7.08. The zero-order valence-electron chi connectivity index (χ0n) is 8.07. The lowest BCUT2D eigenvalue weighted by molar-refractivity contribution is 0.481. The van der Waals surface area contributed by atoms with Crippen molar-refractivity contribution in [3.63, 3.8) is 0 Å². The van der Waals surface area contributed by atoms with Crippen LogP contribution < -0.4 is 11.0 Å². The fourth-order valence-electron chi connectivity index (χ4n) is 1.44. The molecule has 1 heterocycles. The number of hydrogen-bond acceptors (Lipinski definition) is 3. The number of nitrogens with one attached hydrogen (secondary N) is 1. The molecule has 2 N–H and O–H groups in total. The fraction of sp³-hybridized carbons (Fsp3) is 0.0909. The largest absolute Gasteiger partial charge is 0.507 e. The van der Waals surface area contributed by atoms with Crippen molar-refractivity contribution in [2.75, 3.05) is 0 Å². The Morgan fingerprint density at radius 1 is 1.20 bits per heavy atom. The molecule has 0 amide bonds. The molecule has 15 heavy (non-hydrogen) atoms. The number of rotatable bonds is 0. The number of aromatic nitrogens is 1. The number of aromatic amines is 1. The minimum absolute atomic E-state index is 0.187. The average molecular weight is 203 g/mol. The van der Waals surface area contributed by atoms with E-state index in [1.165, 1.54) is 0 Å². The molecule has 0 atom stereocenters. The smallest absolute Gasteiger partial charge is 0.296 e. The Kier molecular flexibility index (Phi) is 2.04. The first-order valence-corrected chi connectivity index (χ1v) is 4.45. The SMILES string of the molecule is Cc1ccc2c(O)cc(=O)c(=O)[nH]c2c1. The Morgan fingerprint density at radius 3 is 2.67 bits per heavy atom. The molecule has 0 aliphatic heterocycles. The van der Waals surface area contributed by atoms with Gasteiger partial charge < -0.3 is 10.1 Å². The lowest BCUT2D eigenvalue weighted by Gasteiger charge is -1.96. The van der Waals surface area contributed by atoms with E-state index in [4.69, 9.17) is 0 Å². The standard InChI is InChI=1S/C11H9NO3/c1-6-2-3-7-8(4-6)12-11(15)10(14)5-9(7)13/h2-5,13H,1H3,(H,12,14,15). The summed E-state index contributed by atoms with van der Waals surface area (Å²) >= 11 is 0. The van der Waals surface area contributed by atoms with Gasteiger partial charge in [0.2, 0.25) is 5.43 Å². The molecule has 0 saturated carbocycles. The Labute approximate surface area is 84.8 Å². The highest BCUT2D eigenvalue weighted by Crippen LogP contribution is 2.19. The van der Waals surface area contributed by atoms with E-state index in [0.29, 0.717) is 10.9 Å². The zero-order valence-corrected chi connectivity index (χ0v) is 8.07. The predicted molar refractivity (Wildman–Crippen MR) is 57.2 cm³/mol. The van der Waals surface area contributed by atoms with Gasteiger partial charge in [-0.2, -0.15) is 0 Å². The van der Waals surface area contributed by atoms with E-state index in [1.54, 1.807) is 18.2 Å². The van der Waals surface area contributed by atoms with Crippen molar-refractivity contribution in [2.45, 2.75) is 6.92 Å². The third kappa shape index (κ3) is 1.61. The van der Waals surface area contributed by atoms with E-state index in [1.807, 2.05) is 6.92 Å². The van der Waals surface area contributed by atoms with E-state index in [0.717, 1.165) is 11.6 Å². The molecule has 0 aliphatic carbocycles. The number of fused-ring (bicyclic) bond motifs is 1. The highest BCUT2D eigenvalue weighted by atomic mass is 16.3. The number of benzene rings is 1. The van der Waals surface area contributed by atoms with Gasteiger partial charge in [-0.1, -0.05) is 6.07 Å². The average Bonchev–Trinajstić information content (AvgIpc) is 2.25. The molecule has 4 heteroatoms. The van der Waals surface area contributed by atoms with Gasteiger partial charge in [-0.05, 0) is 24.6 Å². The van der Waals surface area contributed by atoms with Crippen molar-refractivity contribution in [3.8, 4) is 5.75 Å². The van der Waals surface area contributed by atoms with Gasteiger partial charge in [-0.3, -0.25) is 9.59 Å². The number of hydrogen-bond donors (Lipinski definition) is 2. The minimum Gasteiger partial charge on any atom is -0.507 e. The molecule has 76 valence electrons. The first-order valence-electron chi connectivity index (χ1n) is 4.45. The predicted octanol–water partition coefficient (Wildman–Crippen LogP) is 0.902. The summed E-state index contributed by atoms with van der Waals surface area (Å²) in [6.45, 7) is 1.86. The maximum absolute atomic E-state index is 11.2. The topological polar surface area (TPSA) is 70.2 Å². The lowest BCUT2D eigenvalue weighted by atomic mass is 10.1. The molecule has 1 aromatic heterocycles. The summed E-state index contributed by atoms with van der Waals surface area (Å²) in [5.41, 5.74) is -0.0805. The molecule has 0 bridgehead atoms. The van der Waals surface area contributed by atoms with Crippen LogP contribution >= 0.6 is 0 Å². The molecule has 1 aromatic carbocycles. The molecule has 0 spiro atoms. The summed E-state index contributed by atoms with van der Waals surface area (Å²) in [6, 6.07) is 6.09. The Balaban J connectivity index is 3.09. The van der Waals surface area contributed by atoms with E-state index >= 15 is 0 Å². The second-order valence-corrected chi connectivity index (χ2v) is 3.40. The van der Waals surface area contributed by atoms with E-state index in [-0.39, 0.29) is 5.75 Å². The quantitative estimate of drug-likeness (QED) is 0.625. The summed E-state index contributed by atoms with van der Waals surface area (Å²) in [5.74, 6) is -0.187. The van der Waals surface area contributed by atoms with Gasteiger partial charge in [-0.15, -0.1) is 0 Å². The molecule has 0 aliphatic rings. The summed E-state index contributed by atoms with van der Waals surface area (Å²) in [5, 5.41) is 10.0. The van der Waals surface area contributed by atoms with Crippen LogP contribution in [-0.2, 0) is 0 Å². The molecule has 2 rings (SSSR count). The normalized spacial score (nSPS) is 10.5. The van der Waals surface area contributed by atoms with Crippen LogP contribution in [0.5, 0.6) is 5.75 Å². The van der Waals surface area contributed by atoms with Crippen molar-refractivity contribution in [1.29, 1.82) is 0 Å². The minimum atomic E-state index is -0.749. The van der Waals surface area contributed by atoms with Gasteiger partial charge in [0.05, 0.1) is 5.52 Å². The Morgan fingerprint density at radius 2 is 1.93 bits per heavy atom. The van der Waals surface area contributed by atoms with E-state index in [9.17, 15) is 14.7 Å². The van der Waals surface area contributed by atoms with Crippen LogP contribution in [-0.4, -0.2) is 10.1 Å². The Hall–Kier alpha value is -2.10. The van der Waals surface area contributed by atoms with Crippen LogP contribution in [0.25, 0.3) is 10.9 Å². The van der Waals surface area contributed by atoms with E-state index < -0.39 is 11.0 Å². The summed E-state index contributed by atoms with van der Waals surface area (Å²) < 4.78 is 0. The van der Waals surface area contributed by atoms with Crippen molar-refractivity contribution in [2.24, 2.45) is 0 Å². The second-order valence-electron chi connectivity index (χ2n) is 3.40. The molecule has 0 saturated heterocycles. The van der Waals surface area contributed by atoms with Gasteiger partial charge in [0, 0.05) is 11.5 Å². The van der Waals surface area contributed by atoms with Crippen LogP contribution in [0.2, 0.25) is 0 Å². The number of aromatic hydroxyl groups is 1. The van der Waals surface area contributed by atoms with Gasteiger partial charge in [0.25, 0.3) is 5.56 Å². The second kappa shape index (κ2) is 3.24. The van der Waals surface area contributed by atoms with Crippen LogP contribution in [0, 0.1) is 6.92 Å². The highest BCUT2D eigenvalue weighted by molar-refractivity contribution is 5.84. The van der Waals surface area contributed by atoms with Crippen LogP contribution in [0.4, 0.5) is 0 Å². The van der Waals surface area contributed by atoms with Gasteiger partial charge in [0.1, 0.15) is 5.75 Å². The van der Waals surface area contributed by atoms with Crippen LogP contribution in [0.1, 0.15) is 5.56 Å². The number of aryl methyl sites for hydroxylation is 1. The molecule has 2 aromatic rings. The monoisotopic (exact) mass is 203 g/mol. The summed E-state index contributed by atoms with van der Waals surface area (Å²) in [6.07, 6.45) is 0. The van der Waals surface area contributed by atoms with Crippen molar-refractivity contribution < 1.29 is 5.11 Å². The molecule has 0 unspecified atom stereocenters. The molecule has 0 fully saturated rings. The highest BCUT2D eigenvalue weighted by Gasteiger charge is 2.01. The van der Waals surface area contributed by atoms with Gasteiger partial charge >= 0.3 is 0 Å². The van der Waals surface area contributed by atoms with Crippen molar-refractivity contribution >= 4 is 10.9 Å². The van der Waals surface area contributed by atoms with E-state index in [2.05, 4.69) is 4.98 Å². The lowest BCUT2D eigenvalue weighted by Crippen LogP contribution is -2.22. The summed E-state index contributed by atoms with van der Waals surface area (Å²) in [7, 11) is 0. The third-order valence-corrected chi connectivity index (χ3v) is 2.19. The maximum atomic E-state index is 11.2.